The second-order valence-corrected chi connectivity index (χ2v) is 4.02. The Bertz CT molecular complexity index is 555. The van der Waals surface area contributed by atoms with Gasteiger partial charge in [0.2, 0.25) is 6.29 Å². The monoisotopic (exact) mass is 275 g/mol. The molecule has 2 heterocycles. The van der Waals surface area contributed by atoms with Crippen LogP contribution in [-0.2, 0) is 9.57 Å². The van der Waals surface area contributed by atoms with Crippen molar-refractivity contribution in [1.82, 2.24) is 9.55 Å². The van der Waals surface area contributed by atoms with Crippen molar-refractivity contribution in [3.05, 3.63) is 33.1 Å². The van der Waals surface area contributed by atoms with Crippen molar-refractivity contribution >= 4 is 0 Å². The van der Waals surface area contributed by atoms with Crippen molar-refractivity contribution in [3.63, 3.8) is 0 Å². The van der Waals surface area contributed by atoms with Gasteiger partial charge in [0, 0.05) is 12.3 Å². The minimum atomic E-state index is -1.67. The smallest absolute Gasteiger partial charge is 0.330 e. The van der Waals surface area contributed by atoms with Crippen LogP contribution in [0.3, 0.4) is 0 Å². The quantitative estimate of drug-likeness (QED) is 0.279. The Hall–Kier alpha value is -1.56. The molecule has 0 spiro atoms. The summed E-state index contributed by atoms with van der Waals surface area (Å²) in [5.74, 6) is 4.75. The summed E-state index contributed by atoms with van der Waals surface area (Å²) in [4.78, 5) is 28.5. The number of aromatic nitrogens is 2. The number of aromatic amines is 1. The van der Waals surface area contributed by atoms with Crippen LogP contribution in [0.4, 0.5) is 0 Å². The number of hydrogen-bond donors (Lipinski definition) is 5. The van der Waals surface area contributed by atoms with E-state index in [0.717, 1.165) is 16.8 Å². The van der Waals surface area contributed by atoms with Gasteiger partial charge in [-0.25, -0.2) is 10.7 Å². The number of aliphatic hydroxyl groups excluding tert-OH is 3. The van der Waals surface area contributed by atoms with Crippen molar-refractivity contribution in [2.45, 2.75) is 30.8 Å². The third-order valence-electron chi connectivity index (χ3n) is 2.82. The lowest BCUT2D eigenvalue weighted by Gasteiger charge is -2.18. The molecule has 0 aliphatic carbocycles. The number of nitrogens with one attached hydrogen (secondary N) is 1. The van der Waals surface area contributed by atoms with Gasteiger partial charge in [0.05, 0.1) is 0 Å². The molecule has 106 valence electrons. The van der Waals surface area contributed by atoms with Crippen LogP contribution >= 0.6 is 0 Å². The molecule has 6 N–H and O–H groups in total. The van der Waals surface area contributed by atoms with E-state index < -0.39 is 42.1 Å². The Morgan fingerprint density at radius 2 is 2.11 bits per heavy atom. The van der Waals surface area contributed by atoms with Crippen LogP contribution in [0.25, 0.3) is 0 Å². The van der Waals surface area contributed by atoms with Gasteiger partial charge in [-0.1, -0.05) is 0 Å². The molecule has 0 aromatic carbocycles. The van der Waals surface area contributed by atoms with Crippen molar-refractivity contribution in [1.29, 1.82) is 0 Å². The van der Waals surface area contributed by atoms with E-state index in [9.17, 15) is 24.9 Å². The maximum absolute atomic E-state index is 11.5. The number of rotatable bonds is 3. The Kier molecular flexibility index (Phi) is 3.80. The summed E-state index contributed by atoms with van der Waals surface area (Å²) in [6.45, 7) is 0. The van der Waals surface area contributed by atoms with Gasteiger partial charge in [0.15, 0.2) is 6.23 Å². The first-order valence-corrected chi connectivity index (χ1v) is 5.32. The lowest BCUT2D eigenvalue weighted by atomic mass is 10.1. The van der Waals surface area contributed by atoms with Crippen LogP contribution in [-0.4, -0.2) is 49.5 Å². The average Bonchev–Trinajstić information content (AvgIpc) is 2.66. The molecular formula is C9H13N3O7. The molecule has 1 fully saturated rings. The third kappa shape index (κ3) is 2.45. The van der Waals surface area contributed by atoms with Crippen LogP contribution in [0.1, 0.15) is 6.23 Å². The summed E-state index contributed by atoms with van der Waals surface area (Å²) in [5, 5.41) is 28.8. The normalized spacial score (nSPS) is 32.4. The zero-order valence-electron chi connectivity index (χ0n) is 9.54. The Morgan fingerprint density at radius 1 is 1.42 bits per heavy atom. The first-order chi connectivity index (χ1) is 8.95. The number of ether oxygens (including phenoxy) is 1. The Balaban J connectivity index is 2.31. The van der Waals surface area contributed by atoms with Gasteiger partial charge < -0.3 is 20.1 Å². The largest absolute Gasteiger partial charge is 0.387 e. The van der Waals surface area contributed by atoms with Crippen LogP contribution < -0.4 is 17.1 Å². The molecule has 5 atom stereocenters. The average molecular weight is 275 g/mol. The summed E-state index contributed by atoms with van der Waals surface area (Å²) >= 11 is 0. The fraction of sp³-hybridized carbons (Fsp3) is 0.556. The zero-order valence-corrected chi connectivity index (χ0v) is 9.54. The SMILES string of the molecule is NOC(O)[C@H]1O[C@@H](n2ccc(=O)[nH]c2=O)[C@H](O)[C@@H]1O. The fourth-order valence-electron chi connectivity index (χ4n) is 1.86. The molecule has 0 saturated carbocycles. The number of nitrogens with zero attached hydrogens (tertiary/aromatic N) is 1. The van der Waals surface area contributed by atoms with Crippen LogP contribution in [0.5, 0.6) is 0 Å². The molecule has 2 rings (SSSR count). The standard InChI is InChI=1S/C9H13N3O7/c10-19-8(16)6-4(14)5(15)7(18-6)12-2-1-3(13)11-9(12)17/h1-2,4-8,14-16H,10H2,(H,11,13,17)/t4-,5+,6-,7+,8?/m0/s1. The van der Waals surface area contributed by atoms with E-state index in [-0.39, 0.29) is 0 Å². The molecule has 0 bridgehead atoms. The number of hydrogen-bond acceptors (Lipinski definition) is 8. The highest BCUT2D eigenvalue weighted by molar-refractivity contribution is 4.93. The van der Waals surface area contributed by atoms with Gasteiger partial charge >= 0.3 is 5.69 Å². The molecule has 19 heavy (non-hydrogen) atoms. The molecule has 10 heteroatoms. The van der Waals surface area contributed by atoms with E-state index in [4.69, 9.17) is 10.6 Å². The van der Waals surface area contributed by atoms with Gasteiger partial charge in [-0.05, 0) is 0 Å². The molecular weight excluding hydrogens is 262 g/mol. The van der Waals surface area contributed by atoms with E-state index in [1.54, 1.807) is 0 Å². The van der Waals surface area contributed by atoms with Crippen LogP contribution in [0, 0.1) is 0 Å². The maximum atomic E-state index is 11.5. The molecule has 1 aliphatic rings. The molecule has 1 unspecified atom stereocenters. The minimum absolute atomic E-state index is 0.615. The van der Waals surface area contributed by atoms with Gasteiger partial charge in [0.25, 0.3) is 5.56 Å². The second kappa shape index (κ2) is 5.21. The highest BCUT2D eigenvalue weighted by Gasteiger charge is 2.47. The van der Waals surface area contributed by atoms with Gasteiger partial charge in [-0.2, -0.15) is 0 Å². The molecule has 0 radical (unpaired) electrons. The molecule has 1 aliphatic heterocycles. The van der Waals surface area contributed by atoms with Crippen molar-refractivity contribution < 1.29 is 24.9 Å². The summed E-state index contributed by atoms with van der Waals surface area (Å²) < 4.78 is 6.00. The van der Waals surface area contributed by atoms with E-state index in [1.165, 1.54) is 0 Å². The van der Waals surface area contributed by atoms with Crippen molar-refractivity contribution in [2.24, 2.45) is 5.90 Å². The third-order valence-corrected chi connectivity index (χ3v) is 2.82. The summed E-state index contributed by atoms with van der Waals surface area (Å²) in [7, 11) is 0. The second-order valence-electron chi connectivity index (χ2n) is 4.02. The van der Waals surface area contributed by atoms with E-state index in [2.05, 4.69) is 4.84 Å². The number of nitrogens with two attached hydrogens (primary N) is 1. The lowest BCUT2D eigenvalue weighted by Crippen LogP contribution is -2.41. The highest BCUT2D eigenvalue weighted by Crippen LogP contribution is 2.29. The molecule has 10 nitrogen and oxygen atoms in total. The van der Waals surface area contributed by atoms with E-state index in [1.807, 2.05) is 4.98 Å². The topological polar surface area (TPSA) is 160 Å². The first kappa shape index (κ1) is 13.9. The minimum Gasteiger partial charge on any atom is -0.387 e. The van der Waals surface area contributed by atoms with Crippen molar-refractivity contribution in [2.75, 3.05) is 0 Å². The zero-order chi connectivity index (χ0) is 14.2. The molecule has 1 saturated heterocycles. The van der Waals surface area contributed by atoms with E-state index >= 15 is 0 Å². The number of aliphatic hydroxyl groups is 3. The van der Waals surface area contributed by atoms with Gasteiger partial charge in [0.1, 0.15) is 18.3 Å². The molecule has 1 aromatic rings. The van der Waals surface area contributed by atoms with Crippen LogP contribution in [0.2, 0.25) is 0 Å². The van der Waals surface area contributed by atoms with Gasteiger partial charge in [-0.15, -0.1) is 0 Å². The fourth-order valence-corrected chi connectivity index (χ4v) is 1.86. The summed E-state index contributed by atoms with van der Waals surface area (Å²) in [5.41, 5.74) is -1.44. The van der Waals surface area contributed by atoms with Crippen molar-refractivity contribution in [3.8, 4) is 0 Å². The predicted molar refractivity (Wildman–Crippen MR) is 58.5 cm³/mol. The maximum Gasteiger partial charge on any atom is 0.330 e. The Labute approximate surface area is 105 Å². The lowest BCUT2D eigenvalue weighted by molar-refractivity contribution is -0.198. The molecule has 0 amide bonds. The number of H-pyrrole nitrogens is 1. The first-order valence-electron chi connectivity index (χ1n) is 5.32. The van der Waals surface area contributed by atoms with E-state index in [0.29, 0.717) is 0 Å². The Morgan fingerprint density at radius 3 is 2.68 bits per heavy atom. The summed E-state index contributed by atoms with van der Waals surface area (Å²) in [6.07, 6.45) is -6.20. The van der Waals surface area contributed by atoms with Gasteiger partial charge in [-0.3, -0.25) is 19.2 Å². The highest BCUT2D eigenvalue weighted by atomic mass is 16.7. The predicted octanol–water partition coefficient (Wildman–Crippen LogP) is -3.64. The molecule has 1 aromatic heterocycles. The summed E-state index contributed by atoms with van der Waals surface area (Å²) in [6, 6.07) is 1.05. The van der Waals surface area contributed by atoms with Crippen LogP contribution in [0.15, 0.2) is 21.9 Å².